The van der Waals surface area contributed by atoms with Gasteiger partial charge >= 0.3 is 5.69 Å². The normalized spacial score (nSPS) is 14.4. The van der Waals surface area contributed by atoms with Crippen molar-refractivity contribution in [3.05, 3.63) is 69.4 Å². The Hall–Kier alpha value is -2.80. The first kappa shape index (κ1) is 18.6. The van der Waals surface area contributed by atoms with Gasteiger partial charge in [0.1, 0.15) is 6.54 Å². The number of thioether (sulfide) groups is 1. The summed E-state index contributed by atoms with van der Waals surface area (Å²) in [6.45, 7) is -0.332. The topological polar surface area (TPSA) is 84.0 Å². The van der Waals surface area contributed by atoms with Crippen LogP contribution >= 0.6 is 11.8 Å². The van der Waals surface area contributed by atoms with Crippen LogP contribution < -0.4 is 16.6 Å². The standard InChI is InChI=1S/C21H21N3O3S/c25-19(13-24-20(26)15-9-3-4-10-16(15)23-21(24)27)22-17-11-5-6-12-18(17)28-14-7-1-2-8-14/h3-6,9-12,14H,1-2,7-8,13H2,(H,22,25)(H,23,27). The van der Waals surface area contributed by atoms with Gasteiger partial charge in [0.05, 0.1) is 16.6 Å². The van der Waals surface area contributed by atoms with Gasteiger partial charge in [-0.1, -0.05) is 37.1 Å². The van der Waals surface area contributed by atoms with E-state index in [-0.39, 0.29) is 6.54 Å². The zero-order valence-electron chi connectivity index (χ0n) is 15.3. The molecule has 0 spiro atoms. The average molecular weight is 395 g/mol. The number of amides is 1. The molecule has 0 radical (unpaired) electrons. The van der Waals surface area contributed by atoms with Crippen LogP contribution in [0.1, 0.15) is 25.7 Å². The molecule has 2 N–H and O–H groups in total. The molecule has 1 aliphatic rings. The molecule has 0 aliphatic heterocycles. The number of aromatic nitrogens is 2. The van der Waals surface area contributed by atoms with Gasteiger partial charge in [0.15, 0.2) is 0 Å². The van der Waals surface area contributed by atoms with Crippen LogP contribution in [0.5, 0.6) is 0 Å². The number of para-hydroxylation sites is 2. The molecule has 6 nitrogen and oxygen atoms in total. The van der Waals surface area contributed by atoms with E-state index in [4.69, 9.17) is 0 Å². The lowest BCUT2D eigenvalue weighted by Crippen LogP contribution is -2.38. The van der Waals surface area contributed by atoms with Crippen LogP contribution in [-0.2, 0) is 11.3 Å². The van der Waals surface area contributed by atoms with Crippen molar-refractivity contribution in [2.45, 2.75) is 42.4 Å². The molecule has 7 heteroatoms. The predicted octanol–water partition coefficient (Wildman–Crippen LogP) is 3.36. The molecule has 1 heterocycles. The fourth-order valence-electron chi connectivity index (χ4n) is 3.53. The van der Waals surface area contributed by atoms with E-state index in [9.17, 15) is 14.4 Å². The molecule has 1 amide bonds. The smallest absolute Gasteiger partial charge is 0.324 e. The van der Waals surface area contributed by atoms with E-state index < -0.39 is 17.2 Å². The fourth-order valence-corrected chi connectivity index (χ4v) is 4.87. The molecule has 1 fully saturated rings. The summed E-state index contributed by atoms with van der Waals surface area (Å²) in [6.07, 6.45) is 4.88. The molecule has 2 aromatic carbocycles. The Morgan fingerprint density at radius 3 is 2.61 bits per heavy atom. The van der Waals surface area contributed by atoms with Crippen molar-refractivity contribution < 1.29 is 4.79 Å². The third kappa shape index (κ3) is 3.89. The molecule has 1 aliphatic carbocycles. The van der Waals surface area contributed by atoms with Gasteiger partial charge in [-0.3, -0.25) is 14.2 Å². The number of fused-ring (bicyclic) bond motifs is 1. The van der Waals surface area contributed by atoms with Crippen LogP contribution in [0, 0.1) is 0 Å². The summed E-state index contributed by atoms with van der Waals surface area (Å²) in [5.41, 5.74) is 0.123. The lowest BCUT2D eigenvalue weighted by molar-refractivity contribution is -0.116. The number of hydrogen-bond acceptors (Lipinski definition) is 4. The first-order valence-electron chi connectivity index (χ1n) is 9.39. The average Bonchev–Trinajstić information content (AvgIpc) is 3.20. The van der Waals surface area contributed by atoms with E-state index in [1.807, 2.05) is 24.3 Å². The van der Waals surface area contributed by atoms with E-state index in [0.29, 0.717) is 16.2 Å². The van der Waals surface area contributed by atoms with Gasteiger partial charge in [-0.25, -0.2) is 4.79 Å². The van der Waals surface area contributed by atoms with Crippen molar-refractivity contribution in [2.75, 3.05) is 5.32 Å². The maximum atomic E-state index is 12.6. The highest BCUT2D eigenvalue weighted by Crippen LogP contribution is 2.37. The SMILES string of the molecule is O=C(Cn1c(=O)[nH]c2ccccc2c1=O)Nc1ccccc1SC1CCCC1. The molecule has 144 valence electrons. The van der Waals surface area contributed by atoms with Gasteiger partial charge in [-0.15, -0.1) is 11.8 Å². The van der Waals surface area contributed by atoms with E-state index in [0.717, 1.165) is 15.1 Å². The first-order valence-corrected chi connectivity index (χ1v) is 10.3. The Kier molecular flexibility index (Phi) is 5.34. The number of nitrogens with zero attached hydrogens (tertiary/aromatic N) is 1. The van der Waals surface area contributed by atoms with E-state index in [2.05, 4.69) is 10.3 Å². The maximum Gasteiger partial charge on any atom is 0.329 e. The van der Waals surface area contributed by atoms with Gasteiger partial charge in [-0.2, -0.15) is 0 Å². The second-order valence-corrected chi connectivity index (χ2v) is 8.28. The summed E-state index contributed by atoms with van der Waals surface area (Å²) >= 11 is 1.78. The lowest BCUT2D eigenvalue weighted by atomic mass is 10.2. The van der Waals surface area contributed by atoms with Gasteiger partial charge in [0.2, 0.25) is 5.91 Å². The summed E-state index contributed by atoms with van der Waals surface area (Å²) in [5, 5.41) is 3.82. The summed E-state index contributed by atoms with van der Waals surface area (Å²) in [5.74, 6) is -0.401. The number of anilines is 1. The van der Waals surface area contributed by atoms with Crippen LogP contribution in [0.15, 0.2) is 63.0 Å². The van der Waals surface area contributed by atoms with Crippen molar-refractivity contribution in [3.8, 4) is 0 Å². The number of H-pyrrole nitrogens is 1. The second-order valence-electron chi connectivity index (χ2n) is 6.94. The zero-order valence-corrected chi connectivity index (χ0v) is 16.1. The van der Waals surface area contributed by atoms with E-state index >= 15 is 0 Å². The Bertz CT molecular complexity index is 1130. The monoisotopic (exact) mass is 395 g/mol. The summed E-state index contributed by atoms with van der Waals surface area (Å²) in [7, 11) is 0. The van der Waals surface area contributed by atoms with Crippen molar-refractivity contribution in [3.63, 3.8) is 0 Å². The highest BCUT2D eigenvalue weighted by Gasteiger charge is 2.18. The van der Waals surface area contributed by atoms with Crippen LogP contribution in [-0.4, -0.2) is 20.7 Å². The minimum absolute atomic E-state index is 0.332. The van der Waals surface area contributed by atoms with Crippen LogP contribution in [0.2, 0.25) is 0 Å². The molecule has 3 aromatic rings. The van der Waals surface area contributed by atoms with Gasteiger partial charge in [0, 0.05) is 10.1 Å². The molecule has 0 bridgehead atoms. The van der Waals surface area contributed by atoms with Gasteiger partial charge < -0.3 is 10.3 Å². The van der Waals surface area contributed by atoms with Crippen LogP contribution in [0.25, 0.3) is 10.9 Å². The summed E-state index contributed by atoms with van der Waals surface area (Å²) in [6, 6.07) is 14.4. The summed E-state index contributed by atoms with van der Waals surface area (Å²) in [4.78, 5) is 41.1. The molecule has 0 unspecified atom stereocenters. The van der Waals surface area contributed by atoms with E-state index in [1.165, 1.54) is 25.7 Å². The van der Waals surface area contributed by atoms with Crippen LogP contribution in [0.4, 0.5) is 5.69 Å². The third-order valence-corrected chi connectivity index (χ3v) is 6.36. The molecular weight excluding hydrogens is 374 g/mol. The zero-order chi connectivity index (χ0) is 19.5. The quantitative estimate of drug-likeness (QED) is 0.694. The molecule has 0 atom stereocenters. The van der Waals surface area contributed by atoms with Crippen LogP contribution in [0.3, 0.4) is 0 Å². The fraction of sp³-hybridized carbons (Fsp3) is 0.286. The molecular formula is C21H21N3O3S. The summed E-state index contributed by atoms with van der Waals surface area (Å²) < 4.78 is 0.935. The predicted molar refractivity (Wildman–Crippen MR) is 112 cm³/mol. The highest BCUT2D eigenvalue weighted by atomic mass is 32.2. The van der Waals surface area contributed by atoms with Crippen molar-refractivity contribution in [1.29, 1.82) is 0 Å². The number of hydrogen-bond donors (Lipinski definition) is 2. The number of rotatable bonds is 5. The Morgan fingerprint density at radius 2 is 1.79 bits per heavy atom. The van der Waals surface area contributed by atoms with Gasteiger partial charge in [-0.05, 0) is 37.1 Å². The van der Waals surface area contributed by atoms with E-state index in [1.54, 1.807) is 36.0 Å². The number of carbonyl (C=O) groups excluding carboxylic acids is 1. The van der Waals surface area contributed by atoms with Crippen molar-refractivity contribution in [2.24, 2.45) is 0 Å². The largest absolute Gasteiger partial charge is 0.329 e. The third-order valence-electron chi connectivity index (χ3n) is 4.95. The number of carbonyl (C=O) groups is 1. The number of aromatic amines is 1. The number of benzene rings is 2. The minimum Gasteiger partial charge on any atom is -0.324 e. The minimum atomic E-state index is -0.590. The van der Waals surface area contributed by atoms with Crippen molar-refractivity contribution in [1.82, 2.24) is 9.55 Å². The van der Waals surface area contributed by atoms with Gasteiger partial charge in [0.25, 0.3) is 5.56 Å². The number of nitrogens with one attached hydrogen (secondary N) is 2. The second kappa shape index (κ2) is 8.06. The molecule has 4 rings (SSSR count). The molecule has 1 saturated carbocycles. The first-order chi connectivity index (χ1) is 13.6. The Labute approximate surface area is 166 Å². The Morgan fingerprint density at radius 1 is 1.07 bits per heavy atom. The maximum absolute atomic E-state index is 12.6. The lowest BCUT2D eigenvalue weighted by Gasteiger charge is -2.14. The Balaban J connectivity index is 1.55. The highest BCUT2D eigenvalue weighted by molar-refractivity contribution is 8.00. The molecule has 1 aromatic heterocycles. The van der Waals surface area contributed by atoms with Crippen molar-refractivity contribution >= 4 is 34.3 Å². The molecule has 0 saturated heterocycles. The molecule has 28 heavy (non-hydrogen) atoms.